The number of halogens is 3. The van der Waals surface area contributed by atoms with Crippen LogP contribution < -0.4 is 14.8 Å². The van der Waals surface area contributed by atoms with Gasteiger partial charge in [-0.15, -0.1) is 0 Å². The Morgan fingerprint density at radius 1 is 1.09 bits per heavy atom. The predicted molar refractivity (Wildman–Crippen MR) is 148 cm³/mol. The molecule has 35 heavy (non-hydrogen) atoms. The van der Waals surface area contributed by atoms with E-state index in [1.165, 1.54) is 17.3 Å². The van der Waals surface area contributed by atoms with Crippen molar-refractivity contribution in [3.8, 4) is 11.5 Å². The monoisotopic (exact) mass is 590 g/mol. The Bertz CT molecular complexity index is 1330. The highest BCUT2D eigenvalue weighted by Crippen LogP contribution is 2.37. The second-order valence-corrected chi connectivity index (χ2v) is 10.3. The number of aryl methyl sites for hydroxylation is 1. The number of methoxy groups -OCH3 is 1. The molecular weight excluding hydrogens is 571 g/mol. The lowest BCUT2D eigenvalue weighted by molar-refractivity contribution is -0.115. The van der Waals surface area contributed by atoms with Crippen molar-refractivity contribution < 1.29 is 14.3 Å². The molecule has 1 N–H and O–H groups in total. The van der Waals surface area contributed by atoms with Crippen molar-refractivity contribution >= 4 is 73.7 Å². The summed E-state index contributed by atoms with van der Waals surface area (Å²) in [6.45, 7) is 2.35. The van der Waals surface area contributed by atoms with Crippen LogP contribution in [0, 0.1) is 0 Å². The van der Waals surface area contributed by atoms with Crippen molar-refractivity contribution in [2.75, 3.05) is 7.11 Å². The van der Waals surface area contributed by atoms with Gasteiger partial charge >= 0.3 is 0 Å². The number of nitrogens with one attached hydrogen (secondary N) is 1. The van der Waals surface area contributed by atoms with Crippen LogP contribution in [0.4, 0.5) is 5.69 Å². The second-order valence-electron chi connectivity index (χ2n) is 7.55. The van der Waals surface area contributed by atoms with E-state index >= 15 is 0 Å². The quantitative estimate of drug-likeness (QED) is 0.285. The molecule has 1 amide bonds. The highest BCUT2D eigenvalue weighted by Gasteiger charge is 2.24. The minimum atomic E-state index is -0.206. The lowest BCUT2D eigenvalue weighted by atomic mass is 10.1. The standard InChI is InChI=1S/C26H21BrCl2N2O3S/c1-3-15-4-8-19(9-5-15)30-26-31-25(32)24(35-26)11-17-10-22(33-2)23(13-20(17)27)34-14-16-6-7-18(28)12-21(16)29/h4-13H,3,14H2,1-2H3,(H,30,31,32)/b24-11-. The fourth-order valence-electron chi connectivity index (χ4n) is 3.27. The fraction of sp³-hybridized carbons (Fsp3) is 0.154. The number of thioether (sulfide) groups is 1. The molecule has 0 aromatic heterocycles. The molecule has 0 bridgehead atoms. The van der Waals surface area contributed by atoms with Crippen molar-refractivity contribution in [3.63, 3.8) is 0 Å². The van der Waals surface area contributed by atoms with Crippen LogP contribution in [0.15, 0.2) is 69.0 Å². The molecule has 1 fully saturated rings. The Balaban J connectivity index is 1.52. The fourth-order valence-corrected chi connectivity index (χ4v) is 5.01. The molecule has 0 spiro atoms. The van der Waals surface area contributed by atoms with Gasteiger partial charge in [0.2, 0.25) is 0 Å². The van der Waals surface area contributed by atoms with Crippen LogP contribution >= 0.6 is 50.9 Å². The Hall–Kier alpha value is -2.45. The third-order valence-corrected chi connectivity index (χ3v) is 7.38. The van der Waals surface area contributed by atoms with E-state index in [2.05, 4.69) is 33.2 Å². The Morgan fingerprint density at radius 3 is 2.54 bits per heavy atom. The molecule has 0 atom stereocenters. The summed E-state index contributed by atoms with van der Waals surface area (Å²) in [5, 5.41) is 4.45. The van der Waals surface area contributed by atoms with Crippen molar-refractivity contribution in [1.82, 2.24) is 5.32 Å². The molecule has 0 unspecified atom stereocenters. The first-order valence-corrected chi connectivity index (χ1v) is 13.1. The summed E-state index contributed by atoms with van der Waals surface area (Å²) in [6, 6.07) is 16.8. The average Bonchev–Trinajstić information content (AvgIpc) is 3.18. The maximum absolute atomic E-state index is 12.6. The van der Waals surface area contributed by atoms with Gasteiger partial charge in [0.1, 0.15) is 6.61 Å². The minimum absolute atomic E-state index is 0.206. The van der Waals surface area contributed by atoms with Crippen molar-refractivity contribution in [3.05, 3.63) is 90.7 Å². The summed E-state index contributed by atoms with van der Waals surface area (Å²) in [6.07, 6.45) is 2.75. The number of hydrogen-bond donors (Lipinski definition) is 1. The van der Waals surface area contributed by atoms with Crippen molar-refractivity contribution in [2.45, 2.75) is 20.0 Å². The zero-order chi connectivity index (χ0) is 24.9. The zero-order valence-electron chi connectivity index (χ0n) is 18.9. The van der Waals surface area contributed by atoms with E-state index in [1.54, 1.807) is 31.4 Å². The molecule has 0 saturated carbocycles. The van der Waals surface area contributed by atoms with Crippen LogP contribution in [0.2, 0.25) is 10.0 Å². The Kier molecular flexibility index (Phi) is 8.44. The van der Waals surface area contributed by atoms with Gasteiger partial charge in [0.25, 0.3) is 5.91 Å². The lowest BCUT2D eigenvalue weighted by Gasteiger charge is -2.14. The highest BCUT2D eigenvalue weighted by molar-refractivity contribution is 9.10. The molecular formula is C26H21BrCl2N2O3S. The van der Waals surface area contributed by atoms with E-state index in [4.69, 9.17) is 32.7 Å². The molecule has 0 radical (unpaired) electrons. The summed E-state index contributed by atoms with van der Waals surface area (Å²) in [4.78, 5) is 17.6. The number of rotatable bonds is 7. The maximum Gasteiger partial charge on any atom is 0.264 e. The first-order chi connectivity index (χ1) is 16.9. The molecule has 1 aliphatic rings. The van der Waals surface area contributed by atoms with Crippen molar-refractivity contribution in [2.24, 2.45) is 4.99 Å². The topological polar surface area (TPSA) is 59.9 Å². The summed E-state index contributed by atoms with van der Waals surface area (Å²) < 4.78 is 12.2. The molecule has 4 rings (SSSR count). The Labute approximate surface area is 226 Å². The van der Waals surface area contributed by atoms with Gasteiger partial charge in [0, 0.05) is 20.1 Å². The third kappa shape index (κ3) is 6.41. The number of ether oxygens (including phenoxy) is 2. The summed E-state index contributed by atoms with van der Waals surface area (Å²) in [5.74, 6) is 0.856. The molecule has 0 aliphatic carbocycles. The Morgan fingerprint density at radius 2 is 1.86 bits per heavy atom. The largest absolute Gasteiger partial charge is 0.493 e. The normalized spacial score (nSPS) is 15.5. The van der Waals surface area contributed by atoms with Crippen LogP contribution in [-0.4, -0.2) is 18.2 Å². The van der Waals surface area contributed by atoms with Gasteiger partial charge in [-0.25, -0.2) is 4.99 Å². The van der Waals surface area contributed by atoms with Crippen LogP contribution in [0.5, 0.6) is 11.5 Å². The smallest absolute Gasteiger partial charge is 0.264 e. The average molecular weight is 592 g/mol. The van der Waals surface area contributed by atoms with Gasteiger partial charge in [-0.3, -0.25) is 4.79 Å². The van der Waals surface area contributed by atoms with E-state index < -0.39 is 0 Å². The molecule has 3 aromatic rings. The molecule has 1 saturated heterocycles. The number of aliphatic imine (C=N–C) groups is 1. The van der Waals surface area contributed by atoms with Gasteiger partial charge in [-0.1, -0.05) is 64.3 Å². The van der Waals surface area contributed by atoms with Crippen LogP contribution in [0.3, 0.4) is 0 Å². The molecule has 5 nitrogen and oxygen atoms in total. The van der Waals surface area contributed by atoms with E-state index in [0.29, 0.717) is 31.6 Å². The van der Waals surface area contributed by atoms with Gasteiger partial charge in [-0.2, -0.15) is 0 Å². The molecule has 1 aliphatic heterocycles. The summed E-state index contributed by atoms with van der Waals surface area (Å²) in [7, 11) is 1.56. The number of amidine groups is 1. The molecule has 3 aromatic carbocycles. The summed E-state index contributed by atoms with van der Waals surface area (Å²) in [5.41, 5.74) is 3.59. The number of benzene rings is 3. The number of nitrogens with zero attached hydrogens (tertiary/aromatic N) is 1. The lowest BCUT2D eigenvalue weighted by Crippen LogP contribution is -2.19. The second kappa shape index (κ2) is 11.5. The minimum Gasteiger partial charge on any atom is -0.493 e. The molecule has 180 valence electrons. The van der Waals surface area contributed by atoms with Crippen LogP contribution in [-0.2, 0) is 17.8 Å². The van der Waals surface area contributed by atoms with E-state index in [1.807, 2.05) is 36.4 Å². The third-order valence-electron chi connectivity index (χ3n) is 5.19. The predicted octanol–water partition coefficient (Wildman–Crippen LogP) is 7.80. The maximum atomic E-state index is 12.6. The zero-order valence-corrected chi connectivity index (χ0v) is 22.8. The van der Waals surface area contributed by atoms with Gasteiger partial charge in [-0.05, 0) is 71.8 Å². The van der Waals surface area contributed by atoms with Gasteiger partial charge in [0.15, 0.2) is 16.7 Å². The number of hydrogen-bond acceptors (Lipinski definition) is 5. The van der Waals surface area contributed by atoms with Crippen LogP contribution in [0.25, 0.3) is 6.08 Å². The molecule has 1 heterocycles. The number of amides is 1. The van der Waals surface area contributed by atoms with Crippen LogP contribution in [0.1, 0.15) is 23.6 Å². The summed E-state index contributed by atoms with van der Waals surface area (Å²) >= 11 is 17.1. The van der Waals surface area contributed by atoms with Gasteiger partial charge in [0.05, 0.1) is 17.7 Å². The van der Waals surface area contributed by atoms with E-state index in [-0.39, 0.29) is 12.5 Å². The number of carbonyl (C=O) groups is 1. The van der Waals surface area contributed by atoms with E-state index in [9.17, 15) is 4.79 Å². The first-order valence-electron chi connectivity index (χ1n) is 10.7. The van der Waals surface area contributed by atoms with Gasteiger partial charge < -0.3 is 14.8 Å². The van der Waals surface area contributed by atoms with E-state index in [0.717, 1.165) is 27.7 Å². The highest BCUT2D eigenvalue weighted by atomic mass is 79.9. The first kappa shape index (κ1) is 25.6. The SMILES string of the molecule is CCc1ccc(N=C2NC(=O)/C(=C/c3cc(OC)c(OCc4ccc(Cl)cc4Cl)cc3Br)S2)cc1. The van der Waals surface area contributed by atoms with Crippen molar-refractivity contribution in [1.29, 1.82) is 0 Å². The molecule has 9 heteroatoms. The number of carbonyl (C=O) groups excluding carboxylic acids is 1.